The second kappa shape index (κ2) is 3.59. The Balaban J connectivity index is 3.31. The SMILES string of the molecule is CCc1cc(Br)c(O)c(C#N)c1. The van der Waals surface area contributed by atoms with Crippen LogP contribution in [0.3, 0.4) is 0 Å². The third-order valence-electron chi connectivity index (χ3n) is 1.65. The van der Waals surface area contributed by atoms with Crippen LogP contribution in [0.2, 0.25) is 0 Å². The average molecular weight is 226 g/mol. The van der Waals surface area contributed by atoms with Crippen LogP contribution >= 0.6 is 15.9 Å². The van der Waals surface area contributed by atoms with E-state index in [1.54, 1.807) is 6.07 Å². The minimum atomic E-state index is 0.0229. The smallest absolute Gasteiger partial charge is 0.147 e. The minimum absolute atomic E-state index is 0.0229. The van der Waals surface area contributed by atoms with E-state index in [0.717, 1.165) is 12.0 Å². The Morgan fingerprint density at radius 2 is 2.25 bits per heavy atom. The first kappa shape index (κ1) is 9.08. The normalized spacial score (nSPS) is 9.42. The Hall–Kier alpha value is -1.01. The number of hydrogen-bond donors (Lipinski definition) is 1. The van der Waals surface area contributed by atoms with E-state index in [0.29, 0.717) is 10.0 Å². The van der Waals surface area contributed by atoms with Gasteiger partial charge in [0.1, 0.15) is 11.8 Å². The quantitative estimate of drug-likeness (QED) is 0.799. The summed E-state index contributed by atoms with van der Waals surface area (Å²) in [5.41, 5.74) is 1.36. The summed E-state index contributed by atoms with van der Waals surface area (Å²) in [6, 6.07) is 5.44. The zero-order valence-corrected chi connectivity index (χ0v) is 8.22. The number of aromatic hydroxyl groups is 1. The molecule has 62 valence electrons. The van der Waals surface area contributed by atoms with Gasteiger partial charge in [-0.25, -0.2) is 0 Å². The molecule has 0 heterocycles. The monoisotopic (exact) mass is 225 g/mol. The molecule has 0 fully saturated rings. The third-order valence-corrected chi connectivity index (χ3v) is 2.26. The van der Waals surface area contributed by atoms with Crippen LogP contribution in [-0.4, -0.2) is 5.11 Å². The summed E-state index contributed by atoms with van der Waals surface area (Å²) in [6.45, 7) is 2.00. The molecule has 12 heavy (non-hydrogen) atoms. The van der Waals surface area contributed by atoms with Gasteiger partial charge in [-0.05, 0) is 40.0 Å². The lowest BCUT2D eigenvalue weighted by molar-refractivity contribution is 0.470. The fourth-order valence-electron chi connectivity index (χ4n) is 0.945. The molecule has 0 aliphatic heterocycles. The molecule has 0 unspecified atom stereocenters. The van der Waals surface area contributed by atoms with Crippen molar-refractivity contribution in [2.75, 3.05) is 0 Å². The highest BCUT2D eigenvalue weighted by atomic mass is 79.9. The van der Waals surface area contributed by atoms with Crippen molar-refractivity contribution in [1.82, 2.24) is 0 Å². The van der Waals surface area contributed by atoms with E-state index in [-0.39, 0.29) is 5.75 Å². The van der Waals surface area contributed by atoms with Crippen LogP contribution in [0.1, 0.15) is 18.1 Å². The molecule has 1 aromatic carbocycles. The Labute approximate surface area is 79.6 Å². The lowest BCUT2D eigenvalue weighted by atomic mass is 10.1. The molecule has 0 amide bonds. The van der Waals surface area contributed by atoms with Gasteiger partial charge in [-0.1, -0.05) is 6.92 Å². The Bertz CT molecular complexity index is 341. The minimum Gasteiger partial charge on any atom is -0.505 e. The first-order valence-corrected chi connectivity index (χ1v) is 4.39. The van der Waals surface area contributed by atoms with Crippen LogP contribution in [0.25, 0.3) is 0 Å². The molecular weight excluding hydrogens is 218 g/mol. The molecule has 1 aromatic rings. The van der Waals surface area contributed by atoms with E-state index in [1.807, 2.05) is 19.1 Å². The average Bonchev–Trinajstić information content (AvgIpc) is 2.09. The lowest BCUT2D eigenvalue weighted by Crippen LogP contribution is -1.84. The molecule has 3 heteroatoms. The topological polar surface area (TPSA) is 44.0 Å². The van der Waals surface area contributed by atoms with Crippen molar-refractivity contribution in [1.29, 1.82) is 5.26 Å². The van der Waals surface area contributed by atoms with Crippen LogP contribution in [0.4, 0.5) is 0 Å². The van der Waals surface area contributed by atoms with Crippen LogP contribution < -0.4 is 0 Å². The molecule has 0 spiro atoms. The van der Waals surface area contributed by atoms with Gasteiger partial charge in [0.2, 0.25) is 0 Å². The maximum Gasteiger partial charge on any atom is 0.147 e. The van der Waals surface area contributed by atoms with Crippen molar-refractivity contribution in [2.24, 2.45) is 0 Å². The van der Waals surface area contributed by atoms with Crippen molar-refractivity contribution in [3.8, 4) is 11.8 Å². The van der Waals surface area contributed by atoms with Crippen molar-refractivity contribution in [2.45, 2.75) is 13.3 Å². The van der Waals surface area contributed by atoms with Gasteiger partial charge >= 0.3 is 0 Å². The van der Waals surface area contributed by atoms with Gasteiger partial charge in [0.15, 0.2) is 0 Å². The number of phenols is 1. The number of nitriles is 1. The predicted molar refractivity (Wildman–Crippen MR) is 49.9 cm³/mol. The molecular formula is C9H8BrNO. The molecule has 1 N–H and O–H groups in total. The van der Waals surface area contributed by atoms with Crippen LogP contribution in [0.15, 0.2) is 16.6 Å². The molecule has 0 aliphatic rings. The van der Waals surface area contributed by atoms with Crippen molar-refractivity contribution < 1.29 is 5.11 Å². The summed E-state index contributed by atoms with van der Waals surface area (Å²) < 4.78 is 0.582. The zero-order valence-electron chi connectivity index (χ0n) is 6.63. The van der Waals surface area contributed by atoms with Crippen molar-refractivity contribution in [3.63, 3.8) is 0 Å². The Morgan fingerprint density at radius 3 is 2.75 bits per heavy atom. The van der Waals surface area contributed by atoms with Gasteiger partial charge in [-0.2, -0.15) is 5.26 Å². The number of aryl methyl sites for hydroxylation is 1. The first-order valence-electron chi connectivity index (χ1n) is 3.60. The summed E-state index contributed by atoms with van der Waals surface area (Å²) in [5, 5.41) is 18.0. The standard InChI is InChI=1S/C9H8BrNO/c1-2-6-3-7(5-11)9(12)8(10)4-6/h3-4,12H,2H2,1H3. The second-order valence-corrected chi connectivity index (χ2v) is 3.29. The summed E-state index contributed by atoms with van der Waals surface area (Å²) in [7, 11) is 0. The van der Waals surface area contributed by atoms with E-state index in [9.17, 15) is 5.11 Å². The van der Waals surface area contributed by atoms with Gasteiger partial charge in [-0.3, -0.25) is 0 Å². The maximum absolute atomic E-state index is 9.35. The summed E-state index contributed by atoms with van der Waals surface area (Å²) >= 11 is 3.18. The van der Waals surface area contributed by atoms with Gasteiger partial charge in [-0.15, -0.1) is 0 Å². The fourth-order valence-corrected chi connectivity index (χ4v) is 1.45. The van der Waals surface area contributed by atoms with Gasteiger partial charge in [0.25, 0.3) is 0 Å². The molecule has 0 aromatic heterocycles. The van der Waals surface area contributed by atoms with Gasteiger partial charge in [0.05, 0.1) is 10.0 Å². The molecule has 2 nitrogen and oxygen atoms in total. The van der Waals surface area contributed by atoms with Crippen LogP contribution in [-0.2, 0) is 6.42 Å². The highest BCUT2D eigenvalue weighted by Gasteiger charge is 2.05. The maximum atomic E-state index is 9.35. The van der Waals surface area contributed by atoms with E-state index < -0.39 is 0 Å². The van der Waals surface area contributed by atoms with E-state index in [4.69, 9.17) is 5.26 Å². The number of rotatable bonds is 1. The Kier molecular flexibility index (Phi) is 2.72. The number of benzene rings is 1. The zero-order chi connectivity index (χ0) is 9.14. The molecule has 0 aliphatic carbocycles. The summed E-state index contributed by atoms with van der Waals surface area (Å²) in [6.07, 6.45) is 0.855. The Morgan fingerprint density at radius 1 is 1.58 bits per heavy atom. The summed E-state index contributed by atoms with van der Waals surface area (Å²) in [5.74, 6) is 0.0229. The van der Waals surface area contributed by atoms with Crippen LogP contribution in [0.5, 0.6) is 5.75 Å². The molecule has 0 bridgehead atoms. The van der Waals surface area contributed by atoms with Crippen molar-refractivity contribution in [3.05, 3.63) is 27.7 Å². The first-order chi connectivity index (χ1) is 5.69. The molecule has 0 radical (unpaired) electrons. The predicted octanol–water partition coefficient (Wildman–Crippen LogP) is 2.59. The number of halogens is 1. The second-order valence-electron chi connectivity index (χ2n) is 2.44. The van der Waals surface area contributed by atoms with E-state index >= 15 is 0 Å². The van der Waals surface area contributed by atoms with Gasteiger partial charge in [0, 0.05) is 0 Å². The lowest BCUT2D eigenvalue weighted by Gasteiger charge is -2.02. The molecule has 0 atom stereocenters. The highest BCUT2D eigenvalue weighted by molar-refractivity contribution is 9.10. The fraction of sp³-hybridized carbons (Fsp3) is 0.222. The van der Waals surface area contributed by atoms with E-state index in [1.165, 1.54) is 0 Å². The molecule has 0 saturated heterocycles. The number of hydrogen-bond acceptors (Lipinski definition) is 2. The third kappa shape index (κ3) is 1.59. The van der Waals surface area contributed by atoms with Crippen molar-refractivity contribution >= 4 is 15.9 Å². The molecule has 1 rings (SSSR count). The molecule has 0 saturated carbocycles. The van der Waals surface area contributed by atoms with Gasteiger partial charge < -0.3 is 5.11 Å². The van der Waals surface area contributed by atoms with E-state index in [2.05, 4.69) is 15.9 Å². The summed E-state index contributed by atoms with van der Waals surface area (Å²) in [4.78, 5) is 0. The van der Waals surface area contributed by atoms with Crippen LogP contribution in [0, 0.1) is 11.3 Å². The largest absolute Gasteiger partial charge is 0.505 e. The number of nitrogens with zero attached hydrogens (tertiary/aromatic N) is 1. The highest BCUT2D eigenvalue weighted by Crippen LogP contribution is 2.28. The number of phenolic OH excluding ortho intramolecular Hbond substituents is 1.